The largest absolute Gasteiger partial charge is 0.529 e. The van der Waals surface area contributed by atoms with Crippen molar-refractivity contribution in [3.63, 3.8) is 0 Å². The summed E-state index contributed by atoms with van der Waals surface area (Å²) in [5.41, 5.74) is -2.10. The van der Waals surface area contributed by atoms with Gasteiger partial charge in [-0.2, -0.15) is 0 Å². The third-order valence-corrected chi connectivity index (χ3v) is 3.23. The molecule has 0 fully saturated rings. The van der Waals surface area contributed by atoms with Gasteiger partial charge in [0.15, 0.2) is 0 Å². The van der Waals surface area contributed by atoms with Gasteiger partial charge >= 0.3 is 13.1 Å². The van der Waals surface area contributed by atoms with Crippen LogP contribution in [-0.4, -0.2) is 41.0 Å². The zero-order valence-electron chi connectivity index (χ0n) is 12.5. The van der Waals surface area contributed by atoms with Crippen LogP contribution in [0.5, 0.6) is 0 Å². The molecule has 0 amide bonds. The fraction of sp³-hybridized carbons (Fsp3) is 0.615. The highest BCUT2D eigenvalue weighted by Crippen LogP contribution is 2.25. The average Bonchev–Trinajstić information content (AvgIpc) is 2.76. The predicted octanol–water partition coefficient (Wildman–Crippen LogP) is 0.710. The predicted molar refractivity (Wildman–Crippen MR) is 73.7 cm³/mol. The molecule has 0 aliphatic carbocycles. The zero-order valence-corrected chi connectivity index (χ0v) is 12.5. The molecule has 20 heavy (non-hydrogen) atoms. The summed E-state index contributed by atoms with van der Waals surface area (Å²) in [6.45, 7) is 8.36. The second-order valence-corrected chi connectivity index (χ2v) is 5.46. The lowest BCUT2D eigenvalue weighted by molar-refractivity contribution is -0.0986. The van der Waals surface area contributed by atoms with Gasteiger partial charge in [0.05, 0.1) is 17.8 Å². The Bertz CT molecular complexity index is 460. The number of furan rings is 1. The number of hydrogen-bond acceptors (Lipinski definition) is 6. The molecule has 0 spiro atoms. The van der Waals surface area contributed by atoms with Crippen LogP contribution in [0.2, 0.25) is 0 Å². The molecule has 0 atom stereocenters. The van der Waals surface area contributed by atoms with Crippen LogP contribution in [0.25, 0.3) is 0 Å². The van der Waals surface area contributed by atoms with E-state index in [1.165, 1.54) is 12.1 Å². The molecule has 0 saturated carbocycles. The molecule has 0 aliphatic heterocycles. The molecule has 0 saturated heterocycles. The Kier molecular flexibility index (Phi) is 5.02. The van der Waals surface area contributed by atoms with E-state index in [9.17, 15) is 14.9 Å². The van der Waals surface area contributed by atoms with Crippen molar-refractivity contribution in [3.05, 3.63) is 17.9 Å². The maximum atomic E-state index is 11.4. The van der Waals surface area contributed by atoms with Crippen molar-refractivity contribution in [3.8, 4) is 0 Å². The molecule has 2 N–H and O–H groups in total. The summed E-state index contributed by atoms with van der Waals surface area (Å²) in [7, 11) is -1.39. The minimum absolute atomic E-state index is 0.00874. The number of aliphatic hydroxyl groups is 1. The van der Waals surface area contributed by atoms with Crippen molar-refractivity contribution in [2.45, 2.75) is 45.8 Å². The van der Waals surface area contributed by atoms with Crippen LogP contribution < -0.4 is 5.66 Å². The first-order valence-electron chi connectivity index (χ1n) is 6.43. The lowest BCUT2D eigenvalue weighted by Crippen LogP contribution is -2.52. The smallest absolute Gasteiger partial charge is 0.460 e. The van der Waals surface area contributed by atoms with Gasteiger partial charge in [0.25, 0.3) is 0 Å². The summed E-state index contributed by atoms with van der Waals surface area (Å²) in [5, 5.41) is 19.9. The molecule has 7 heteroatoms. The molecule has 0 radical (unpaired) electrons. The van der Waals surface area contributed by atoms with E-state index in [2.05, 4.69) is 0 Å². The summed E-state index contributed by atoms with van der Waals surface area (Å²) in [6.07, 6.45) is 0. The van der Waals surface area contributed by atoms with Crippen LogP contribution in [0, 0.1) is 0 Å². The van der Waals surface area contributed by atoms with Gasteiger partial charge in [0.1, 0.15) is 5.66 Å². The number of esters is 1. The topological polar surface area (TPSA) is 89.1 Å². The Morgan fingerprint density at radius 1 is 1.35 bits per heavy atom. The van der Waals surface area contributed by atoms with Crippen molar-refractivity contribution >= 4 is 18.7 Å². The standard InChI is InChI=1S/C13H21BO6/c1-6-18-11(15)9-7-8-10(19-9)14(17)20-13(4,5)12(2,3)16/h7-8,16-17H,6H2,1-5H3. The Hall–Kier alpha value is -1.31. The van der Waals surface area contributed by atoms with Crippen LogP contribution >= 0.6 is 0 Å². The third-order valence-electron chi connectivity index (χ3n) is 3.23. The third kappa shape index (κ3) is 3.85. The van der Waals surface area contributed by atoms with Gasteiger partial charge in [0.2, 0.25) is 5.76 Å². The van der Waals surface area contributed by atoms with Crippen LogP contribution in [-0.2, 0) is 9.39 Å². The summed E-state index contributed by atoms with van der Waals surface area (Å²) in [6, 6.07) is 2.83. The lowest BCUT2D eigenvalue weighted by Gasteiger charge is -2.38. The van der Waals surface area contributed by atoms with E-state index < -0.39 is 24.3 Å². The van der Waals surface area contributed by atoms with Crippen molar-refractivity contribution in [1.82, 2.24) is 0 Å². The van der Waals surface area contributed by atoms with E-state index >= 15 is 0 Å². The number of hydrogen-bond donors (Lipinski definition) is 2. The van der Waals surface area contributed by atoms with Crippen LogP contribution in [0.4, 0.5) is 0 Å². The van der Waals surface area contributed by atoms with Crippen molar-refractivity contribution < 1.29 is 28.7 Å². The lowest BCUT2D eigenvalue weighted by atomic mass is 9.81. The van der Waals surface area contributed by atoms with E-state index in [1.54, 1.807) is 34.6 Å². The van der Waals surface area contributed by atoms with Crippen molar-refractivity contribution in [2.75, 3.05) is 6.61 Å². The van der Waals surface area contributed by atoms with Gasteiger partial charge in [-0.15, -0.1) is 0 Å². The molecule has 6 nitrogen and oxygen atoms in total. The minimum Gasteiger partial charge on any atom is -0.460 e. The summed E-state index contributed by atoms with van der Waals surface area (Å²) < 4.78 is 15.4. The van der Waals surface area contributed by atoms with Gasteiger partial charge in [0, 0.05) is 0 Å². The van der Waals surface area contributed by atoms with E-state index in [0.29, 0.717) is 0 Å². The molecule has 0 aromatic carbocycles. The average molecular weight is 284 g/mol. The molecule has 0 aliphatic rings. The highest BCUT2D eigenvalue weighted by atomic mass is 16.6. The van der Waals surface area contributed by atoms with Crippen molar-refractivity contribution in [1.29, 1.82) is 0 Å². The Balaban J connectivity index is 2.79. The summed E-state index contributed by atoms with van der Waals surface area (Å²) in [4.78, 5) is 11.4. The van der Waals surface area contributed by atoms with Crippen LogP contribution in [0.1, 0.15) is 45.2 Å². The Morgan fingerprint density at radius 2 is 1.95 bits per heavy atom. The normalized spacial score (nSPS) is 12.3. The molecule has 0 unspecified atom stereocenters. The SMILES string of the molecule is CCOC(=O)c1ccc(B(O)OC(C)(C)C(C)(C)O)o1. The zero-order chi connectivity index (χ0) is 15.6. The fourth-order valence-corrected chi connectivity index (χ4v) is 1.28. The number of carbonyl (C=O) groups is 1. The number of carbonyl (C=O) groups excluding carboxylic acids is 1. The first kappa shape index (κ1) is 16.7. The van der Waals surface area contributed by atoms with Gasteiger partial charge in [-0.3, -0.25) is 0 Å². The van der Waals surface area contributed by atoms with E-state index in [1.807, 2.05) is 0 Å². The van der Waals surface area contributed by atoms with E-state index in [4.69, 9.17) is 13.8 Å². The van der Waals surface area contributed by atoms with Crippen molar-refractivity contribution in [2.24, 2.45) is 0 Å². The minimum atomic E-state index is -1.39. The molecule has 1 aromatic heterocycles. The van der Waals surface area contributed by atoms with Gasteiger partial charge in [-0.1, -0.05) is 0 Å². The molecule has 112 valence electrons. The van der Waals surface area contributed by atoms with E-state index in [0.717, 1.165) is 0 Å². The van der Waals surface area contributed by atoms with Gasteiger partial charge < -0.3 is 23.9 Å². The highest BCUT2D eigenvalue weighted by molar-refractivity contribution is 6.58. The Labute approximate surface area is 118 Å². The second kappa shape index (κ2) is 5.99. The molecule has 1 aromatic rings. The first-order chi connectivity index (χ1) is 9.08. The first-order valence-corrected chi connectivity index (χ1v) is 6.43. The maximum Gasteiger partial charge on any atom is 0.529 e. The monoisotopic (exact) mass is 284 g/mol. The molecule has 1 heterocycles. The molecule has 1 rings (SSSR count). The quantitative estimate of drug-likeness (QED) is 0.590. The number of rotatable bonds is 6. The van der Waals surface area contributed by atoms with Crippen LogP contribution in [0.3, 0.4) is 0 Å². The van der Waals surface area contributed by atoms with Crippen LogP contribution in [0.15, 0.2) is 16.5 Å². The second-order valence-electron chi connectivity index (χ2n) is 5.46. The molecular weight excluding hydrogens is 263 g/mol. The van der Waals surface area contributed by atoms with Gasteiger partial charge in [-0.05, 0) is 46.8 Å². The Morgan fingerprint density at radius 3 is 2.45 bits per heavy atom. The molecular formula is C13H21BO6. The van der Waals surface area contributed by atoms with Gasteiger partial charge in [-0.25, -0.2) is 4.79 Å². The number of ether oxygens (including phenoxy) is 1. The molecule has 0 bridgehead atoms. The highest BCUT2D eigenvalue weighted by Gasteiger charge is 2.40. The summed E-state index contributed by atoms with van der Waals surface area (Å²) >= 11 is 0. The summed E-state index contributed by atoms with van der Waals surface area (Å²) in [5.74, 6) is -0.613. The maximum absolute atomic E-state index is 11.4. The van der Waals surface area contributed by atoms with E-state index in [-0.39, 0.29) is 18.0 Å². The fourth-order valence-electron chi connectivity index (χ4n) is 1.28.